The van der Waals surface area contributed by atoms with Crippen LogP contribution in [-0.2, 0) is 10.2 Å². The summed E-state index contributed by atoms with van der Waals surface area (Å²) in [4.78, 5) is 11.2. The molecule has 0 amide bonds. The van der Waals surface area contributed by atoms with Crippen molar-refractivity contribution in [2.75, 3.05) is 14.2 Å². The number of ether oxygens (including phenoxy) is 2. The van der Waals surface area contributed by atoms with Gasteiger partial charge in [-0.15, -0.1) is 0 Å². The first-order valence-corrected chi connectivity index (χ1v) is 5.23. The van der Waals surface area contributed by atoms with Crippen LogP contribution in [0.1, 0.15) is 12.0 Å². The predicted molar refractivity (Wildman–Crippen MR) is 58.4 cm³/mol. The maximum atomic E-state index is 13.5. The Bertz CT molecular complexity index is 501. The lowest BCUT2D eigenvalue weighted by Gasteiger charge is -2.16. The quantitative estimate of drug-likeness (QED) is 0.898. The number of methoxy groups -OCH3 is 2. The number of carboxylic acids is 1. The van der Waals surface area contributed by atoms with Gasteiger partial charge in [0.25, 0.3) is 5.92 Å². The summed E-state index contributed by atoms with van der Waals surface area (Å²) in [5, 5.41) is 9.10. The zero-order valence-corrected chi connectivity index (χ0v) is 9.87. The van der Waals surface area contributed by atoms with E-state index in [0.29, 0.717) is 5.75 Å². The second-order valence-corrected chi connectivity index (χ2v) is 4.16. The summed E-state index contributed by atoms with van der Waals surface area (Å²) in [7, 11) is 2.69. The second kappa shape index (κ2) is 3.83. The molecule has 4 nitrogen and oxygen atoms in total. The van der Waals surface area contributed by atoms with Crippen LogP contribution < -0.4 is 9.47 Å². The van der Waals surface area contributed by atoms with E-state index in [9.17, 15) is 13.6 Å². The van der Waals surface area contributed by atoms with E-state index in [0.717, 1.165) is 0 Å². The van der Waals surface area contributed by atoms with Gasteiger partial charge in [0.1, 0.15) is 11.5 Å². The molecule has 0 heterocycles. The smallest absolute Gasteiger partial charge is 0.320 e. The summed E-state index contributed by atoms with van der Waals surface area (Å²) in [5.74, 6) is -4.39. The SMILES string of the molecule is COc1ccc(OC)c(C2(C(=O)O)CC2(F)F)c1. The summed E-state index contributed by atoms with van der Waals surface area (Å²) < 4.78 is 36.8. The van der Waals surface area contributed by atoms with E-state index in [2.05, 4.69) is 0 Å². The molecule has 1 saturated carbocycles. The highest BCUT2D eigenvalue weighted by atomic mass is 19.3. The van der Waals surface area contributed by atoms with Gasteiger partial charge in [-0.05, 0) is 18.2 Å². The Morgan fingerprint density at radius 2 is 1.94 bits per heavy atom. The van der Waals surface area contributed by atoms with Crippen molar-refractivity contribution in [1.29, 1.82) is 0 Å². The zero-order chi connectivity index (χ0) is 13.6. The molecule has 0 radical (unpaired) electrons. The van der Waals surface area contributed by atoms with E-state index >= 15 is 0 Å². The molecule has 1 fully saturated rings. The fraction of sp³-hybridized carbons (Fsp3) is 0.417. The number of carboxylic acid groups (broad SMARTS) is 1. The third-order valence-electron chi connectivity index (χ3n) is 3.22. The van der Waals surface area contributed by atoms with Crippen LogP contribution in [0.2, 0.25) is 0 Å². The summed E-state index contributed by atoms with van der Waals surface area (Å²) >= 11 is 0. The number of carbonyl (C=O) groups is 1. The molecular weight excluding hydrogens is 246 g/mol. The first kappa shape index (κ1) is 12.6. The average molecular weight is 258 g/mol. The van der Waals surface area contributed by atoms with Crippen molar-refractivity contribution in [3.63, 3.8) is 0 Å². The molecule has 2 rings (SSSR count). The minimum absolute atomic E-state index is 0.0538. The number of alkyl halides is 2. The molecule has 0 aromatic heterocycles. The standard InChI is InChI=1S/C12H12F2O4/c1-17-7-3-4-9(18-2)8(5-7)11(10(15)16)6-12(11,13)14/h3-5H,6H2,1-2H3,(H,15,16). The monoisotopic (exact) mass is 258 g/mol. The number of rotatable bonds is 4. The maximum absolute atomic E-state index is 13.5. The average Bonchev–Trinajstić information content (AvgIpc) is 2.93. The third-order valence-corrected chi connectivity index (χ3v) is 3.22. The van der Waals surface area contributed by atoms with Crippen molar-refractivity contribution in [2.24, 2.45) is 0 Å². The molecular formula is C12H12F2O4. The molecule has 0 saturated heterocycles. The topological polar surface area (TPSA) is 55.8 Å². The third kappa shape index (κ3) is 1.52. The number of halogens is 2. The van der Waals surface area contributed by atoms with Crippen molar-refractivity contribution >= 4 is 5.97 Å². The molecule has 1 unspecified atom stereocenters. The van der Waals surface area contributed by atoms with Gasteiger partial charge in [0, 0.05) is 12.0 Å². The largest absolute Gasteiger partial charge is 0.497 e. The normalized spacial score (nSPS) is 24.4. The molecule has 1 aliphatic carbocycles. The Morgan fingerprint density at radius 1 is 1.33 bits per heavy atom. The molecule has 98 valence electrons. The Morgan fingerprint density at radius 3 is 2.33 bits per heavy atom. The van der Waals surface area contributed by atoms with Crippen LogP contribution in [0.4, 0.5) is 8.78 Å². The van der Waals surface area contributed by atoms with Crippen LogP contribution in [0, 0.1) is 0 Å². The van der Waals surface area contributed by atoms with E-state index in [1.165, 1.54) is 32.4 Å². The van der Waals surface area contributed by atoms with Crippen LogP contribution in [0.15, 0.2) is 18.2 Å². The van der Waals surface area contributed by atoms with E-state index in [1.807, 2.05) is 0 Å². The van der Waals surface area contributed by atoms with Gasteiger partial charge < -0.3 is 14.6 Å². The van der Waals surface area contributed by atoms with Gasteiger partial charge in [-0.3, -0.25) is 4.79 Å². The molecule has 0 aliphatic heterocycles. The summed E-state index contributed by atoms with van der Waals surface area (Å²) in [5.41, 5.74) is -2.26. The van der Waals surface area contributed by atoms with E-state index in [-0.39, 0.29) is 11.3 Å². The van der Waals surface area contributed by atoms with Crippen LogP contribution in [-0.4, -0.2) is 31.2 Å². The highest BCUT2D eigenvalue weighted by Crippen LogP contribution is 2.63. The fourth-order valence-corrected chi connectivity index (χ4v) is 2.08. The molecule has 1 aliphatic rings. The minimum atomic E-state index is -3.27. The van der Waals surface area contributed by atoms with Crippen LogP contribution in [0.5, 0.6) is 11.5 Å². The van der Waals surface area contributed by atoms with Gasteiger partial charge in [0.15, 0.2) is 5.41 Å². The van der Waals surface area contributed by atoms with E-state index < -0.39 is 23.7 Å². The molecule has 1 atom stereocenters. The second-order valence-electron chi connectivity index (χ2n) is 4.16. The predicted octanol–water partition coefficient (Wildman–Crippen LogP) is 2.07. The Labute approximate surface area is 102 Å². The lowest BCUT2D eigenvalue weighted by atomic mass is 9.94. The molecule has 0 bridgehead atoms. The number of aliphatic carboxylic acids is 1. The van der Waals surface area contributed by atoms with Gasteiger partial charge in [-0.2, -0.15) is 0 Å². The fourth-order valence-electron chi connectivity index (χ4n) is 2.08. The Balaban J connectivity index is 2.59. The van der Waals surface area contributed by atoms with Crippen molar-refractivity contribution in [3.05, 3.63) is 23.8 Å². The van der Waals surface area contributed by atoms with Crippen molar-refractivity contribution in [1.82, 2.24) is 0 Å². The van der Waals surface area contributed by atoms with E-state index in [4.69, 9.17) is 14.6 Å². The van der Waals surface area contributed by atoms with Crippen molar-refractivity contribution in [3.8, 4) is 11.5 Å². The van der Waals surface area contributed by atoms with Gasteiger partial charge in [-0.25, -0.2) is 8.78 Å². The lowest BCUT2D eigenvalue weighted by Crippen LogP contribution is -2.27. The highest BCUT2D eigenvalue weighted by molar-refractivity contribution is 5.89. The number of hydrogen-bond donors (Lipinski definition) is 1. The first-order chi connectivity index (χ1) is 8.39. The van der Waals surface area contributed by atoms with Gasteiger partial charge in [0.05, 0.1) is 14.2 Å². The Hall–Kier alpha value is -1.85. The van der Waals surface area contributed by atoms with Crippen LogP contribution >= 0.6 is 0 Å². The van der Waals surface area contributed by atoms with Crippen LogP contribution in [0.3, 0.4) is 0 Å². The van der Waals surface area contributed by atoms with Crippen molar-refractivity contribution in [2.45, 2.75) is 17.8 Å². The molecule has 1 aromatic rings. The maximum Gasteiger partial charge on any atom is 0.320 e. The summed E-state index contributed by atoms with van der Waals surface area (Å²) in [6.45, 7) is 0. The molecule has 18 heavy (non-hydrogen) atoms. The lowest BCUT2D eigenvalue weighted by molar-refractivity contribution is -0.143. The number of hydrogen-bond acceptors (Lipinski definition) is 3. The van der Waals surface area contributed by atoms with Crippen molar-refractivity contribution < 1.29 is 28.2 Å². The van der Waals surface area contributed by atoms with Crippen LogP contribution in [0.25, 0.3) is 0 Å². The Kier molecular flexibility index (Phi) is 2.68. The van der Waals surface area contributed by atoms with Gasteiger partial charge in [0.2, 0.25) is 0 Å². The molecule has 1 N–H and O–H groups in total. The first-order valence-electron chi connectivity index (χ1n) is 5.23. The van der Waals surface area contributed by atoms with E-state index in [1.54, 1.807) is 0 Å². The van der Waals surface area contributed by atoms with Gasteiger partial charge >= 0.3 is 5.97 Å². The summed E-state index contributed by atoms with van der Waals surface area (Å²) in [6, 6.07) is 4.24. The number of benzene rings is 1. The highest BCUT2D eigenvalue weighted by Gasteiger charge is 2.78. The molecule has 0 spiro atoms. The minimum Gasteiger partial charge on any atom is -0.497 e. The molecule has 6 heteroatoms. The molecule has 1 aromatic carbocycles. The van der Waals surface area contributed by atoms with Gasteiger partial charge in [-0.1, -0.05) is 0 Å². The summed E-state index contributed by atoms with van der Waals surface area (Å²) in [6.07, 6.45) is -0.723. The zero-order valence-electron chi connectivity index (χ0n) is 9.87.